The number of rotatable bonds is 8. The van der Waals surface area contributed by atoms with Crippen molar-refractivity contribution in [3.05, 3.63) is 0 Å². The molecule has 1 atom stereocenters. The highest BCUT2D eigenvalue weighted by molar-refractivity contribution is 4.68. The van der Waals surface area contributed by atoms with Gasteiger partial charge in [0.2, 0.25) is 0 Å². The van der Waals surface area contributed by atoms with Gasteiger partial charge in [0.15, 0.2) is 0 Å². The van der Waals surface area contributed by atoms with Gasteiger partial charge in [0, 0.05) is 12.1 Å². The summed E-state index contributed by atoms with van der Waals surface area (Å²) in [6, 6.07) is 0.847. The topological polar surface area (TPSA) is 35.5 Å². The fourth-order valence-corrected chi connectivity index (χ4v) is 1.56. The molecule has 0 radical (unpaired) electrons. The van der Waals surface area contributed by atoms with Crippen LogP contribution in [0, 0.1) is 0 Å². The zero-order valence-electron chi connectivity index (χ0n) is 10.1. The fourth-order valence-electron chi connectivity index (χ4n) is 1.56. The lowest BCUT2D eigenvalue weighted by molar-refractivity contribution is 0.186. The maximum atomic E-state index is 9.03. The molecule has 0 aliphatic heterocycles. The van der Waals surface area contributed by atoms with Crippen molar-refractivity contribution in [3.8, 4) is 0 Å². The van der Waals surface area contributed by atoms with Gasteiger partial charge in [-0.05, 0) is 46.8 Å². The minimum Gasteiger partial charge on any atom is -0.395 e. The van der Waals surface area contributed by atoms with Gasteiger partial charge in [-0.2, -0.15) is 0 Å². The zero-order valence-corrected chi connectivity index (χ0v) is 10.1. The molecule has 0 spiro atoms. The first-order valence-electron chi connectivity index (χ1n) is 5.67. The third-order valence-electron chi connectivity index (χ3n) is 2.63. The Hall–Kier alpha value is -0.120. The molecule has 0 heterocycles. The number of hydrogen-bond acceptors (Lipinski definition) is 3. The molecule has 0 fully saturated rings. The van der Waals surface area contributed by atoms with Crippen molar-refractivity contribution in [2.75, 3.05) is 26.7 Å². The van der Waals surface area contributed by atoms with Gasteiger partial charge in [-0.3, -0.25) is 0 Å². The van der Waals surface area contributed by atoms with E-state index in [4.69, 9.17) is 5.11 Å². The highest BCUT2D eigenvalue weighted by Gasteiger charge is 2.10. The second-order valence-corrected chi connectivity index (χ2v) is 4.09. The highest BCUT2D eigenvalue weighted by atomic mass is 16.3. The smallest absolute Gasteiger partial charge is 0.0585 e. The van der Waals surface area contributed by atoms with Crippen LogP contribution < -0.4 is 5.32 Å². The van der Waals surface area contributed by atoms with Gasteiger partial charge < -0.3 is 15.3 Å². The molecule has 3 nitrogen and oxygen atoms in total. The Morgan fingerprint density at radius 3 is 2.29 bits per heavy atom. The van der Waals surface area contributed by atoms with Crippen molar-refractivity contribution < 1.29 is 5.11 Å². The number of aliphatic hydroxyl groups excluding tert-OH is 1. The molecule has 0 saturated heterocycles. The quantitative estimate of drug-likeness (QED) is 0.618. The van der Waals surface area contributed by atoms with Crippen LogP contribution in [0.15, 0.2) is 0 Å². The molecule has 14 heavy (non-hydrogen) atoms. The summed E-state index contributed by atoms with van der Waals surface area (Å²) >= 11 is 0. The molecule has 0 saturated carbocycles. The summed E-state index contributed by atoms with van der Waals surface area (Å²) in [7, 11) is 1.90. The van der Waals surface area contributed by atoms with Gasteiger partial charge in [0.25, 0.3) is 0 Å². The van der Waals surface area contributed by atoms with E-state index >= 15 is 0 Å². The molecule has 0 amide bonds. The van der Waals surface area contributed by atoms with Crippen LogP contribution >= 0.6 is 0 Å². The van der Waals surface area contributed by atoms with Crippen LogP contribution in [-0.4, -0.2) is 48.8 Å². The Morgan fingerprint density at radius 2 is 1.93 bits per heavy atom. The minimum absolute atomic E-state index is 0.231. The Labute approximate surface area is 88.5 Å². The minimum atomic E-state index is 0.231. The molecule has 1 unspecified atom stereocenters. The predicted octanol–water partition coefficient (Wildman–Crippen LogP) is 1.08. The van der Waals surface area contributed by atoms with Gasteiger partial charge in [0.05, 0.1) is 6.61 Å². The van der Waals surface area contributed by atoms with Gasteiger partial charge in [-0.25, -0.2) is 0 Å². The van der Waals surface area contributed by atoms with Gasteiger partial charge >= 0.3 is 0 Å². The number of likely N-dealkylation sites (N-methyl/N-ethyl adjacent to an activating group) is 1. The summed E-state index contributed by atoms with van der Waals surface area (Å²) in [4.78, 5) is 2.46. The second kappa shape index (κ2) is 8.21. The maximum Gasteiger partial charge on any atom is 0.0585 e. The molecule has 0 aliphatic carbocycles. The number of nitrogens with zero attached hydrogens (tertiary/aromatic N) is 1. The van der Waals surface area contributed by atoms with Crippen LogP contribution in [0.4, 0.5) is 0 Å². The first kappa shape index (κ1) is 13.9. The van der Waals surface area contributed by atoms with E-state index in [0.29, 0.717) is 6.04 Å². The molecule has 0 aromatic rings. The van der Waals surface area contributed by atoms with Crippen molar-refractivity contribution in [3.63, 3.8) is 0 Å². The van der Waals surface area contributed by atoms with Crippen molar-refractivity contribution in [1.29, 1.82) is 0 Å². The lowest BCUT2D eigenvalue weighted by Crippen LogP contribution is -2.38. The first-order chi connectivity index (χ1) is 6.65. The molecule has 0 rings (SSSR count). The fraction of sp³-hybridized carbons (Fsp3) is 1.00. The molecule has 0 aliphatic rings. The lowest BCUT2D eigenvalue weighted by Gasteiger charge is -2.27. The van der Waals surface area contributed by atoms with Crippen LogP contribution in [0.2, 0.25) is 0 Å². The Kier molecular flexibility index (Phi) is 8.14. The molecule has 3 heteroatoms. The third-order valence-corrected chi connectivity index (χ3v) is 2.63. The summed E-state index contributed by atoms with van der Waals surface area (Å²) in [5.74, 6) is 0. The highest BCUT2D eigenvalue weighted by Crippen LogP contribution is 2.02. The van der Waals surface area contributed by atoms with E-state index in [1.54, 1.807) is 0 Å². The first-order valence-corrected chi connectivity index (χ1v) is 5.67. The van der Waals surface area contributed by atoms with Crippen LogP contribution in [0.3, 0.4) is 0 Å². The molecule has 0 aromatic carbocycles. The van der Waals surface area contributed by atoms with Gasteiger partial charge in [0.1, 0.15) is 0 Å². The monoisotopic (exact) mass is 202 g/mol. The average Bonchev–Trinajstić information content (AvgIpc) is 2.17. The molecule has 2 N–H and O–H groups in total. The Balaban J connectivity index is 3.79. The van der Waals surface area contributed by atoms with E-state index in [1.807, 2.05) is 7.05 Å². The average molecular weight is 202 g/mol. The van der Waals surface area contributed by atoms with Crippen LogP contribution in [0.5, 0.6) is 0 Å². The van der Waals surface area contributed by atoms with E-state index in [9.17, 15) is 0 Å². The van der Waals surface area contributed by atoms with Crippen molar-refractivity contribution in [2.24, 2.45) is 0 Å². The standard InChI is InChI=1S/C11H26N2O/c1-5-7-13(10(2)3)8-6-11(9-14)12-4/h10-12,14H,5-9H2,1-4H3. The van der Waals surface area contributed by atoms with E-state index in [0.717, 1.165) is 19.5 Å². The van der Waals surface area contributed by atoms with E-state index in [2.05, 4.69) is 31.0 Å². The Bertz CT molecular complexity index is 124. The lowest BCUT2D eigenvalue weighted by atomic mass is 10.2. The number of hydrogen-bond donors (Lipinski definition) is 2. The largest absolute Gasteiger partial charge is 0.395 e. The summed E-state index contributed by atoms with van der Waals surface area (Å²) < 4.78 is 0. The summed E-state index contributed by atoms with van der Waals surface area (Å²) in [5.41, 5.74) is 0. The van der Waals surface area contributed by atoms with E-state index in [-0.39, 0.29) is 12.6 Å². The summed E-state index contributed by atoms with van der Waals surface area (Å²) in [5, 5.41) is 12.1. The van der Waals surface area contributed by atoms with Crippen molar-refractivity contribution in [2.45, 2.75) is 45.7 Å². The summed E-state index contributed by atoms with van der Waals surface area (Å²) in [6.07, 6.45) is 2.21. The third kappa shape index (κ3) is 5.58. The van der Waals surface area contributed by atoms with Crippen LogP contribution in [-0.2, 0) is 0 Å². The molecular weight excluding hydrogens is 176 g/mol. The molecule has 0 aromatic heterocycles. The van der Waals surface area contributed by atoms with Crippen molar-refractivity contribution in [1.82, 2.24) is 10.2 Å². The van der Waals surface area contributed by atoms with Gasteiger partial charge in [-0.15, -0.1) is 0 Å². The predicted molar refractivity (Wildman–Crippen MR) is 61.6 cm³/mol. The van der Waals surface area contributed by atoms with Crippen molar-refractivity contribution >= 4 is 0 Å². The van der Waals surface area contributed by atoms with E-state index < -0.39 is 0 Å². The summed E-state index contributed by atoms with van der Waals surface area (Å²) in [6.45, 7) is 9.11. The zero-order chi connectivity index (χ0) is 11.0. The Morgan fingerprint density at radius 1 is 1.29 bits per heavy atom. The van der Waals surface area contributed by atoms with Gasteiger partial charge in [-0.1, -0.05) is 6.92 Å². The SMILES string of the molecule is CCCN(CCC(CO)NC)C(C)C. The molecule has 86 valence electrons. The second-order valence-electron chi connectivity index (χ2n) is 4.09. The number of nitrogens with one attached hydrogen (secondary N) is 1. The maximum absolute atomic E-state index is 9.03. The molecule has 0 bridgehead atoms. The number of aliphatic hydroxyl groups is 1. The normalized spacial score (nSPS) is 13.9. The van der Waals surface area contributed by atoms with E-state index in [1.165, 1.54) is 6.42 Å². The molecular formula is C11H26N2O. The van der Waals surface area contributed by atoms with Crippen LogP contribution in [0.1, 0.15) is 33.6 Å². The van der Waals surface area contributed by atoms with Crippen LogP contribution in [0.25, 0.3) is 0 Å².